The number of hydrogen-bond acceptors (Lipinski definition) is 5. The second-order valence-electron chi connectivity index (χ2n) is 5.49. The lowest BCUT2D eigenvalue weighted by atomic mass is 10.2. The minimum Gasteiger partial charge on any atom is -0.491 e. The van der Waals surface area contributed by atoms with Crippen molar-refractivity contribution in [1.29, 1.82) is 0 Å². The molecule has 1 saturated heterocycles. The Kier molecular flexibility index (Phi) is 6.83. The van der Waals surface area contributed by atoms with Crippen LogP contribution >= 0.6 is 0 Å². The fraction of sp³-hybridized carbons (Fsp3) is 0.625. The minimum absolute atomic E-state index is 0.0344. The summed E-state index contributed by atoms with van der Waals surface area (Å²) in [5, 5.41) is 3.07. The Labute approximate surface area is 138 Å². The third-order valence-electron chi connectivity index (χ3n) is 3.89. The molecule has 1 heterocycles. The van der Waals surface area contributed by atoms with Crippen molar-refractivity contribution in [2.45, 2.75) is 30.7 Å². The second-order valence-corrected chi connectivity index (χ2v) is 7.38. The Hall–Kier alpha value is -1.15. The molecule has 1 unspecified atom stereocenters. The van der Waals surface area contributed by atoms with Gasteiger partial charge >= 0.3 is 0 Å². The summed E-state index contributed by atoms with van der Waals surface area (Å²) in [6.07, 6.45) is 1.81. The van der Waals surface area contributed by atoms with E-state index in [2.05, 4.69) is 5.32 Å². The quantitative estimate of drug-likeness (QED) is 0.689. The summed E-state index contributed by atoms with van der Waals surface area (Å²) in [6, 6.07) is 6.65. The summed E-state index contributed by atoms with van der Waals surface area (Å²) < 4.78 is 37.9. The van der Waals surface area contributed by atoms with Gasteiger partial charge in [-0.15, -0.1) is 0 Å². The summed E-state index contributed by atoms with van der Waals surface area (Å²) in [5.41, 5.74) is 0. The number of sulfonamides is 1. The molecule has 130 valence electrons. The predicted octanol–water partition coefficient (Wildman–Crippen LogP) is 1.47. The maximum atomic E-state index is 12.8. The second kappa shape index (κ2) is 8.63. The van der Waals surface area contributed by atoms with Crippen LogP contribution in [-0.2, 0) is 14.8 Å². The lowest BCUT2D eigenvalue weighted by Gasteiger charge is -2.24. The largest absolute Gasteiger partial charge is 0.491 e. The molecule has 0 spiro atoms. The van der Waals surface area contributed by atoms with E-state index in [1.54, 1.807) is 28.6 Å². The first-order chi connectivity index (χ1) is 11.1. The molecule has 0 radical (unpaired) electrons. The van der Waals surface area contributed by atoms with Gasteiger partial charge in [0, 0.05) is 25.7 Å². The third kappa shape index (κ3) is 4.67. The molecule has 7 heteroatoms. The first-order valence-electron chi connectivity index (χ1n) is 8.06. The van der Waals surface area contributed by atoms with Gasteiger partial charge in [0.25, 0.3) is 0 Å². The maximum absolute atomic E-state index is 12.8. The number of likely N-dealkylation sites (N-methyl/N-ethyl adjacent to an activating group) is 1. The van der Waals surface area contributed by atoms with Gasteiger partial charge in [-0.05, 0) is 51.1 Å². The van der Waals surface area contributed by atoms with Crippen molar-refractivity contribution >= 4 is 10.0 Å². The van der Waals surface area contributed by atoms with Crippen LogP contribution in [-0.4, -0.2) is 58.7 Å². The highest BCUT2D eigenvalue weighted by molar-refractivity contribution is 7.89. The summed E-state index contributed by atoms with van der Waals surface area (Å²) >= 11 is 0. The number of ether oxygens (including phenoxy) is 2. The predicted molar refractivity (Wildman–Crippen MR) is 89.3 cm³/mol. The Morgan fingerprint density at radius 1 is 1.26 bits per heavy atom. The highest BCUT2D eigenvalue weighted by atomic mass is 32.2. The molecule has 0 aliphatic carbocycles. The van der Waals surface area contributed by atoms with Gasteiger partial charge in [-0.2, -0.15) is 4.31 Å². The van der Waals surface area contributed by atoms with Crippen LogP contribution in [0, 0.1) is 0 Å². The van der Waals surface area contributed by atoms with E-state index in [1.165, 1.54) is 0 Å². The number of rotatable bonds is 9. The van der Waals surface area contributed by atoms with Crippen molar-refractivity contribution in [2.24, 2.45) is 0 Å². The molecular weight excluding hydrogens is 316 g/mol. The van der Waals surface area contributed by atoms with E-state index in [0.29, 0.717) is 43.6 Å². The fourth-order valence-electron chi connectivity index (χ4n) is 2.77. The van der Waals surface area contributed by atoms with Crippen molar-refractivity contribution in [3.63, 3.8) is 0 Å². The van der Waals surface area contributed by atoms with Crippen molar-refractivity contribution in [2.75, 3.05) is 40.0 Å². The standard InChI is InChI=1S/C16H26N2O4S/c1-3-21-11-12-22-15-6-8-16(9-7-15)23(19,20)18-10-4-5-14(18)13-17-2/h6-9,14,17H,3-5,10-13H2,1-2H3. The van der Waals surface area contributed by atoms with Crippen molar-refractivity contribution in [1.82, 2.24) is 9.62 Å². The van der Waals surface area contributed by atoms with Gasteiger partial charge in [0.05, 0.1) is 11.5 Å². The van der Waals surface area contributed by atoms with Crippen LogP contribution in [0.25, 0.3) is 0 Å². The van der Waals surface area contributed by atoms with E-state index < -0.39 is 10.0 Å². The Balaban J connectivity index is 2.02. The van der Waals surface area contributed by atoms with Gasteiger partial charge in [0.15, 0.2) is 0 Å². The van der Waals surface area contributed by atoms with Gasteiger partial charge in [0.1, 0.15) is 12.4 Å². The van der Waals surface area contributed by atoms with Crippen LogP contribution in [0.1, 0.15) is 19.8 Å². The summed E-state index contributed by atoms with van der Waals surface area (Å²) in [7, 11) is -1.60. The molecule has 1 aliphatic heterocycles. The normalized spacial score (nSPS) is 19.1. The number of benzene rings is 1. The first kappa shape index (κ1) is 18.2. The first-order valence-corrected chi connectivity index (χ1v) is 9.50. The van der Waals surface area contributed by atoms with Crippen LogP contribution < -0.4 is 10.1 Å². The van der Waals surface area contributed by atoms with E-state index in [0.717, 1.165) is 12.8 Å². The molecule has 6 nitrogen and oxygen atoms in total. The highest BCUT2D eigenvalue weighted by Crippen LogP contribution is 2.26. The van der Waals surface area contributed by atoms with Crippen LogP contribution in [0.15, 0.2) is 29.2 Å². The lowest BCUT2D eigenvalue weighted by molar-refractivity contribution is 0.110. The molecule has 0 aromatic heterocycles. The smallest absolute Gasteiger partial charge is 0.243 e. The fourth-order valence-corrected chi connectivity index (χ4v) is 4.46. The summed E-state index contributed by atoms with van der Waals surface area (Å²) in [4.78, 5) is 0.317. The number of hydrogen-bond donors (Lipinski definition) is 1. The Bertz CT molecular complexity index is 574. The van der Waals surface area contributed by atoms with Crippen LogP contribution in [0.5, 0.6) is 5.75 Å². The Morgan fingerprint density at radius 2 is 2.00 bits per heavy atom. The Morgan fingerprint density at radius 3 is 2.65 bits per heavy atom. The van der Waals surface area contributed by atoms with Crippen LogP contribution in [0.3, 0.4) is 0 Å². The molecule has 1 N–H and O–H groups in total. The maximum Gasteiger partial charge on any atom is 0.243 e. The molecule has 1 aromatic rings. The number of nitrogens with one attached hydrogen (secondary N) is 1. The van der Waals surface area contributed by atoms with Gasteiger partial charge in [0.2, 0.25) is 10.0 Å². The van der Waals surface area contributed by atoms with E-state index >= 15 is 0 Å². The average Bonchev–Trinajstić information content (AvgIpc) is 3.02. The molecule has 1 fully saturated rings. The molecule has 0 bridgehead atoms. The lowest BCUT2D eigenvalue weighted by Crippen LogP contribution is -2.40. The number of nitrogens with zero attached hydrogens (tertiary/aromatic N) is 1. The van der Waals surface area contributed by atoms with Crippen LogP contribution in [0.2, 0.25) is 0 Å². The van der Waals surface area contributed by atoms with E-state index in [9.17, 15) is 8.42 Å². The zero-order valence-electron chi connectivity index (χ0n) is 13.8. The zero-order valence-corrected chi connectivity index (χ0v) is 14.6. The molecule has 1 aliphatic rings. The average molecular weight is 342 g/mol. The van der Waals surface area contributed by atoms with Crippen molar-refractivity contribution < 1.29 is 17.9 Å². The molecule has 1 aromatic carbocycles. The molecular formula is C16H26N2O4S. The van der Waals surface area contributed by atoms with E-state index in [-0.39, 0.29) is 6.04 Å². The van der Waals surface area contributed by atoms with Gasteiger partial charge in [-0.1, -0.05) is 0 Å². The van der Waals surface area contributed by atoms with Crippen molar-refractivity contribution in [3.8, 4) is 5.75 Å². The third-order valence-corrected chi connectivity index (χ3v) is 5.86. The van der Waals surface area contributed by atoms with E-state index in [1.807, 2.05) is 14.0 Å². The van der Waals surface area contributed by atoms with E-state index in [4.69, 9.17) is 9.47 Å². The van der Waals surface area contributed by atoms with Gasteiger partial charge in [-0.25, -0.2) is 8.42 Å². The topological polar surface area (TPSA) is 67.9 Å². The molecule has 0 amide bonds. The van der Waals surface area contributed by atoms with Gasteiger partial charge < -0.3 is 14.8 Å². The molecule has 23 heavy (non-hydrogen) atoms. The SMILES string of the molecule is CCOCCOc1ccc(S(=O)(=O)N2CCCC2CNC)cc1. The molecule has 1 atom stereocenters. The van der Waals surface area contributed by atoms with Crippen LogP contribution in [0.4, 0.5) is 0 Å². The summed E-state index contributed by atoms with van der Waals surface area (Å²) in [5.74, 6) is 0.650. The summed E-state index contributed by atoms with van der Waals surface area (Å²) in [6.45, 7) is 4.83. The minimum atomic E-state index is -3.44. The van der Waals surface area contributed by atoms with Gasteiger partial charge in [-0.3, -0.25) is 0 Å². The highest BCUT2D eigenvalue weighted by Gasteiger charge is 2.34. The van der Waals surface area contributed by atoms with Crippen molar-refractivity contribution in [3.05, 3.63) is 24.3 Å². The zero-order chi connectivity index (χ0) is 16.7. The molecule has 2 rings (SSSR count). The monoisotopic (exact) mass is 342 g/mol. The molecule has 0 saturated carbocycles.